The Balaban J connectivity index is 1.52. The van der Waals surface area contributed by atoms with Gasteiger partial charge in [-0.2, -0.15) is 4.31 Å². The molecule has 9 heteroatoms. The molecule has 0 radical (unpaired) electrons. The minimum Gasteiger partial charge on any atom is -0.340 e. The van der Waals surface area contributed by atoms with Gasteiger partial charge in [-0.1, -0.05) is 48.0 Å². The Morgan fingerprint density at radius 2 is 1.52 bits per heavy atom. The topological polar surface area (TPSA) is 91.8 Å². The van der Waals surface area contributed by atoms with E-state index >= 15 is 0 Å². The summed E-state index contributed by atoms with van der Waals surface area (Å²) < 4.78 is 51.3. The first-order chi connectivity index (χ1) is 14.7. The van der Waals surface area contributed by atoms with Gasteiger partial charge in [-0.05, 0) is 30.7 Å². The van der Waals surface area contributed by atoms with Crippen LogP contribution in [0.1, 0.15) is 17.5 Å². The number of rotatable bonds is 7. The molecule has 1 fully saturated rings. The molecule has 0 atom stereocenters. The zero-order valence-electron chi connectivity index (χ0n) is 17.3. The van der Waals surface area contributed by atoms with E-state index in [1.165, 1.54) is 14.6 Å². The van der Waals surface area contributed by atoms with Crippen molar-refractivity contribution < 1.29 is 21.6 Å². The summed E-state index contributed by atoms with van der Waals surface area (Å²) in [6.07, 6.45) is 1.42. The number of amides is 1. The maximum absolute atomic E-state index is 12.5. The third kappa shape index (κ3) is 6.25. The largest absolute Gasteiger partial charge is 0.340 e. The average Bonchev–Trinajstić information content (AvgIpc) is 2.77. The fourth-order valence-electron chi connectivity index (χ4n) is 3.25. The molecule has 1 aliphatic rings. The summed E-state index contributed by atoms with van der Waals surface area (Å²) in [5, 5.41) is 1.17. The van der Waals surface area contributed by atoms with Crippen LogP contribution in [0.4, 0.5) is 0 Å². The highest BCUT2D eigenvalue weighted by Gasteiger charge is 2.28. The Morgan fingerprint density at radius 3 is 2.13 bits per heavy atom. The highest BCUT2D eigenvalue weighted by atomic mass is 32.2. The van der Waals surface area contributed by atoms with Crippen LogP contribution in [-0.2, 0) is 24.7 Å². The number of sulfonamides is 1. The second-order valence-corrected chi connectivity index (χ2v) is 11.3. The smallest absolute Gasteiger partial charge is 0.236 e. The maximum atomic E-state index is 12.5. The van der Waals surface area contributed by atoms with Gasteiger partial charge in [0.15, 0.2) is 9.84 Å². The van der Waals surface area contributed by atoms with Crippen molar-refractivity contribution in [2.24, 2.45) is 0 Å². The van der Waals surface area contributed by atoms with Gasteiger partial charge < -0.3 is 4.90 Å². The molecule has 1 heterocycles. The lowest BCUT2D eigenvalue weighted by Gasteiger charge is -2.33. The van der Waals surface area contributed by atoms with Crippen molar-refractivity contribution in [2.75, 3.05) is 31.9 Å². The van der Waals surface area contributed by atoms with Crippen molar-refractivity contribution >= 4 is 31.8 Å². The van der Waals surface area contributed by atoms with Crippen LogP contribution in [-0.4, -0.2) is 63.9 Å². The van der Waals surface area contributed by atoms with E-state index < -0.39 is 19.9 Å². The van der Waals surface area contributed by atoms with Crippen LogP contribution in [0.2, 0.25) is 0 Å². The fourth-order valence-corrected chi connectivity index (χ4v) is 5.65. The van der Waals surface area contributed by atoms with Crippen LogP contribution < -0.4 is 0 Å². The van der Waals surface area contributed by atoms with Gasteiger partial charge in [0, 0.05) is 38.0 Å². The van der Waals surface area contributed by atoms with Gasteiger partial charge in [-0.25, -0.2) is 16.8 Å². The van der Waals surface area contributed by atoms with Crippen LogP contribution in [0, 0.1) is 6.92 Å². The first-order valence-corrected chi connectivity index (χ1v) is 13.1. The summed E-state index contributed by atoms with van der Waals surface area (Å²) >= 11 is 0. The van der Waals surface area contributed by atoms with Crippen LogP contribution in [0.5, 0.6) is 0 Å². The van der Waals surface area contributed by atoms with Gasteiger partial charge >= 0.3 is 0 Å². The maximum Gasteiger partial charge on any atom is 0.236 e. The average molecular weight is 463 g/mol. The number of sulfone groups is 1. The zero-order chi connectivity index (χ0) is 22.5. The van der Waals surface area contributed by atoms with Crippen LogP contribution in [0.15, 0.2) is 64.9 Å². The second-order valence-electron chi connectivity index (χ2n) is 7.42. The molecule has 0 aliphatic carbocycles. The van der Waals surface area contributed by atoms with Gasteiger partial charge in [0.2, 0.25) is 15.9 Å². The van der Waals surface area contributed by atoms with E-state index in [0.717, 1.165) is 11.1 Å². The molecule has 7 nitrogen and oxygen atoms in total. The minimum atomic E-state index is -3.59. The number of nitrogens with zero attached hydrogens (tertiary/aromatic N) is 2. The molecule has 166 valence electrons. The summed E-state index contributed by atoms with van der Waals surface area (Å²) in [6, 6.07) is 15.7. The lowest BCUT2D eigenvalue weighted by Crippen LogP contribution is -2.50. The highest BCUT2D eigenvalue weighted by molar-refractivity contribution is 7.92. The fraction of sp³-hybridized carbons (Fsp3) is 0.318. The standard InChI is InChI=1S/C22H26N2O5S2/c1-19-7-9-21(10-8-19)30(26,27)17-12-22(25)23-13-15-24(16-14-23)31(28,29)18-11-20-5-3-2-4-6-20/h2-11,18H,12-17H2,1H3. The van der Waals surface area contributed by atoms with Gasteiger partial charge in [-0.3, -0.25) is 4.79 Å². The number of hydrogen-bond acceptors (Lipinski definition) is 5. The second kappa shape index (κ2) is 9.76. The van der Waals surface area contributed by atoms with Crippen molar-refractivity contribution in [3.8, 4) is 0 Å². The normalized spacial score (nSPS) is 16.0. The Morgan fingerprint density at radius 1 is 0.903 bits per heavy atom. The van der Waals surface area contributed by atoms with E-state index in [-0.39, 0.29) is 49.2 Å². The lowest BCUT2D eigenvalue weighted by atomic mass is 10.2. The van der Waals surface area contributed by atoms with E-state index in [1.807, 2.05) is 37.3 Å². The molecule has 31 heavy (non-hydrogen) atoms. The minimum absolute atomic E-state index is 0.128. The monoisotopic (exact) mass is 462 g/mol. The molecule has 0 unspecified atom stereocenters. The number of piperazine rings is 1. The Hall–Kier alpha value is -2.49. The predicted molar refractivity (Wildman–Crippen MR) is 120 cm³/mol. The molecule has 3 rings (SSSR count). The number of carbonyl (C=O) groups is 1. The summed E-state index contributed by atoms with van der Waals surface area (Å²) in [5.41, 5.74) is 1.75. The molecule has 1 aliphatic heterocycles. The third-order valence-corrected chi connectivity index (χ3v) is 8.44. The summed E-state index contributed by atoms with van der Waals surface area (Å²) in [4.78, 5) is 14.2. The van der Waals surface area contributed by atoms with E-state index in [1.54, 1.807) is 30.3 Å². The number of aryl methyl sites for hydroxylation is 1. The molecule has 0 spiro atoms. The van der Waals surface area contributed by atoms with Crippen molar-refractivity contribution in [2.45, 2.75) is 18.2 Å². The first kappa shape index (κ1) is 23.2. The summed E-state index contributed by atoms with van der Waals surface area (Å²) in [7, 11) is -7.13. The summed E-state index contributed by atoms with van der Waals surface area (Å²) in [6.45, 7) is 2.71. The lowest BCUT2D eigenvalue weighted by molar-refractivity contribution is -0.131. The molecular weight excluding hydrogens is 436 g/mol. The molecule has 2 aromatic rings. The van der Waals surface area contributed by atoms with Crippen LogP contribution in [0.25, 0.3) is 6.08 Å². The Kier molecular flexibility index (Phi) is 7.30. The molecule has 1 saturated heterocycles. The molecular formula is C22H26N2O5S2. The van der Waals surface area contributed by atoms with E-state index in [0.29, 0.717) is 0 Å². The first-order valence-electron chi connectivity index (χ1n) is 9.98. The number of carbonyl (C=O) groups excluding carboxylic acids is 1. The Labute approximate surface area is 184 Å². The molecule has 0 aromatic heterocycles. The van der Waals surface area contributed by atoms with E-state index in [4.69, 9.17) is 0 Å². The predicted octanol–water partition coefficient (Wildman–Crippen LogP) is 2.30. The SMILES string of the molecule is Cc1ccc(S(=O)(=O)CCC(=O)N2CCN(S(=O)(=O)C=Cc3ccccc3)CC2)cc1. The third-order valence-electron chi connectivity index (χ3n) is 5.15. The zero-order valence-corrected chi connectivity index (χ0v) is 19.0. The van der Waals surface area contributed by atoms with Crippen molar-refractivity contribution in [3.05, 3.63) is 71.1 Å². The van der Waals surface area contributed by atoms with Gasteiger partial charge in [0.1, 0.15) is 0 Å². The van der Waals surface area contributed by atoms with E-state index in [2.05, 4.69) is 0 Å². The van der Waals surface area contributed by atoms with Gasteiger partial charge in [0.25, 0.3) is 0 Å². The van der Waals surface area contributed by atoms with Crippen molar-refractivity contribution in [1.29, 1.82) is 0 Å². The van der Waals surface area contributed by atoms with Crippen LogP contribution >= 0.6 is 0 Å². The quantitative estimate of drug-likeness (QED) is 0.630. The molecule has 0 saturated carbocycles. The van der Waals surface area contributed by atoms with Crippen molar-refractivity contribution in [3.63, 3.8) is 0 Å². The van der Waals surface area contributed by atoms with Gasteiger partial charge in [-0.15, -0.1) is 0 Å². The molecule has 0 bridgehead atoms. The van der Waals surface area contributed by atoms with E-state index in [9.17, 15) is 21.6 Å². The number of hydrogen-bond donors (Lipinski definition) is 0. The molecule has 1 amide bonds. The van der Waals surface area contributed by atoms with Gasteiger partial charge in [0.05, 0.1) is 10.6 Å². The van der Waals surface area contributed by atoms with Crippen LogP contribution in [0.3, 0.4) is 0 Å². The number of benzene rings is 2. The molecule has 0 N–H and O–H groups in total. The molecule has 2 aromatic carbocycles. The highest BCUT2D eigenvalue weighted by Crippen LogP contribution is 2.15. The Bertz CT molecular complexity index is 1130. The van der Waals surface area contributed by atoms with Crippen molar-refractivity contribution in [1.82, 2.24) is 9.21 Å². The summed E-state index contributed by atoms with van der Waals surface area (Å²) in [5.74, 6) is -0.555.